The number of nitrogens with one attached hydrogen (secondary N) is 1. The van der Waals surface area contributed by atoms with Crippen molar-refractivity contribution in [1.82, 2.24) is 5.32 Å². The van der Waals surface area contributed by atoms with Gasteiger partial charge in [0.15, 0.2) is 0 Å². The Kier molecular flexibility index (Phi) is 39.1. The minimum atomic E-state index is -1.13. The third-order valence-electron chi connectivity index (χ3n) is 10.4. The largest absolute Gasteiger partial charge is 0.394 e. The summed E-state index contributed by atoms with van der Waals surface area (Å²) in [6, 6.07) is -0.807. The van der Waals surface area contributed by atoms with Crippen molar-refractivity contribution < 1.29 is 20.1 Å². The van der Waals surface area contributed by atoms with Crippen LogP contribution in [0, 0.1) is 0 Å². The molecule has 0 aliphatic carbocycles. The van der Waals surface area contributed by atoms with E-state index < -0.39 is 18.2 Å². The van der Waals surface area contributed by atoms with Crippen LogP contribution in [0.25, 0.3) is 0 Å². The molecular weight excluding hydrogens is 606 g/mol. The van der Waals surface area contributed by atoms with Gasteiger partial charge in [0.2, 0.25) is 5.91 Å². The summed E-state index contributed by atoms with van der Waals surface area (Å²) in [4.78, 5) is 12.4. The highest BCUT2D eigenvalue weighted by Gasteiger charge is 2.26. The number of hydrogen-bond acceptors (Lipinski definition) is 4. The number of allylic oxidation sites excluding steroid dienone is 2. The van der Waals surface area contributed by atoms with Gasteiger partial charge >= 0.3 is 0 Å². The third-order valence-corrected chi connectivity index (χ3v) is 10.4. The van der Waals surface area contributed by atoms with Crippen molar-refractivity contribution in [2.24, 2.45) is 0 Å². The maximum absolute atomic E-state index is 12.4. The maximum atomic E-state index is 12.4. The molecule has 3 unspecified atom stereocenters. The second-order valence-electron chi connectivity index (χ2n) is 15.3. The van der Waals surface area contributed by atoms with Crippen LogP contribution in [0.2, 0.25) is 0 Å². The Morgan fingerprint density at radius 3 is 1.18 bits per heavy atom. The highest BCUT2D eigenvalue weighted by atomic mass is 16.3. The van der Waals surface area contributed by atoms with Crippen LogP contribution in [0.5, 0.6) is 0 Å². The summed E-state index contributed by atoms with van der Waals surface area (Å²) in [5.41, 5.74) is 0. The number of carbonyl (C=O) groups is 1. The van der Waals surface area contributed by atoms with Gasteiger partial charge in [-0.15, -0.1) is 0 Å². The lowest BCUT2D eigenvalue weighted by Crippen LogP contribution is -2.50. The molecule has 0 heterocycles. The van der Waals surface area contributed by atoms with Crippen molar-refractivity contribution in [2.45, 2.75) is 257 Å². The molecule has 0 bridgehead atoms. The Morgan fingerprint density at radius 2 is 0.816 bits per heavy atom. The number of aliphatic hydroxyl groups excluding tert-OH is 3. The van der Waals surface area contributed by atoms with Crippen LogP contribution in [0.4, 0.5) is 0 Å². The quantitative estimate of drug-likeness (QED) is 0.0380. The molecule has 5 nitrogen and oxygen atoms in total. The van der Waals surface area contributed by atoms with E-state index >= 15 is 0 Å². The molecule has 0 saturated carbocycles. The van der Waals surface area contributed by atoms with E-state index in [-0.39, 0.29) is 12.5 Å². The summed E-state index contributed by atoms with van der Waals surface area (Å²) >= 11 is 0. The zero-order valence-corrected chi connectivity index (χ0v) is 33.1. The lowest BCUT2D eigenvalue weighted by Gasteiger charge is -2.26. The maximum Gasteiger partial charge on any atom is 0.220 e. The number of amides is 1. The molecular formula is C44H87NO4. The zero-order chi connectivity index (χ0) is 35.9. The standard InChI is InChI=1S/C44H87NO4/c1-3-5-7-9-11-13-15-17-18-19-20-21-22-23-24-25-27-29-31-33-35-37-39-43(48)45-41(40-46)44(49)42(47)38-36-34-32-30-28-26-16-14-12-10-8-6-4-2/h22-23,41-42,44,46-47,49H,3-21,24-40H2,1-2H3,(H,45,48)/b23-22-. The molecule has 0 radical (unpaired) electrons. The first-order valence-corrected chi connectivity index (χ1v) is 22.0. The van der Waals surface area contributed by atoms with E-state index in [1.807, 2.05) is 0 Å². The lowest BCUT2D eigenvalue weighted by molar-refractivity contribution is -0.124. The van der Waals surface area contributed by atoms with E-state index in [1.165, 1.54) is 173 Å². The topological polar surface area (TPSA) is 89.8 Å². The summed E-state index contributed by atoms with van der Waals surface area (Å²) in [6.07, 6.45) is 46.0. The summed E-state index contributed by atoms with van der Waals surface area (Å²) in [5, 5.41) is 33.5. The van der Waals surface area contributed by atoms with Gasteiger partial charge in [0.05, 0.1) is 18.8 Å². The molecule has 0 aromatic heterocycles. The number of hydrogen-bond donors (Lipinski definition) is 4. The van der Waals surface area contributed by atoms with Crippen LogP contribution >= 0.6 is 0 Å². The number of rotatable bonds is 40. The first kappa shape index (κ1) is 48.1. The van der Waals surface area contributed by atoms with E-state index in [2.05, 4.69) is 31.3 Å². The molecule has 0 aromatic carbocycles. The second kappa shape index (κ2) is 39.9. The summed E-state index contributed by atoms with van der Waals surface area (Å²) in [5.74, 6) is -0.147. The van der Waals surface area contributed by atoms with Crippen LogP contribution in [-0.4, -0.2) is 46.1 Å². The van der Waals surface area contributed by atoms with Crippen LogP contribution < -0.4 is 5.32 Å². The van der Waals surface area contributed by atoms with Crippen LogP contribution in [-0.2, 0) is 4.79 Å². The zero-order valence-electron chi connectivity index (χ0n) is 33.1. The monoisotopic (exact) mass is 694 g/mol. The Bertz CT molecular complexity index is 684. The van der Waals surface area contributed by atoms with Crippen molar-refractivity contribution in [1.29, 1.82) is 0 Å². The Balaban J connectivity index is 3.60. The van der Waals surface area contributed by atoms with Crippen molar-refractivity contribution in [3.63, 3.8) is 0 Å². The van der Waals surface area contributed by atoms with Gasteiger partial charge in [-0.3, -0.25) is 4.79 Å². The van der Waals surface area contributed by atoms with E-state index in [0.29, 0.717) is 12.8 Å². The van der Waals surface area contributed by atoms with Gasteiger partial charge in [0.1, 0.15) is 6.10 Å². The number of carbonyl (C=O) groups excluding carboxylic acids is 1. The highest BCUT2D eigenvalue weighted by Crippen LogP contribution is 2.16. The molecule has 0 saturated heterocycles. The van der Waals surface area contributed by atoms with Crippen LogP contribution in [0.15, 0.2) is 12.2 Å². The SMILES string of the molecule is CCCCCCCCCCCCC/C=C\CCCCCCCCCC(=O)NC(CO)C(O)C(O)CCCCCCCCCCCCCCC. The molecule has 49 heavy (non-hydrogen) atoms. The molecule has 292 valence electrons. The predicted octanol–water partition coefficient (Wildman–Crippen LogP) is 12.4. The Labute approximate surface area is 306 Å². The molecule has 0 aliphatic rings. The first-order chi connectivity index (χ1) is 24.1. The first-order valence-electron chi connectivity index (χ1n) is 22.0. The fourth-order valence-corrected chi connectivity index (χ4v) is 6.92. The molecule has 0 aliphatic heterocycles. The van der Waals surface area contributed by atoms with Gasteiger partial charge < -0.3 is 20.6 Å². The van der Waals surface area contributed by atoms with Crippen LogP contribution in [0.1, 0.15) is 239 Å². The minimum absolute atomic E-state index is 0.147. The molecule has 4 N–H and O–H groups in total. The Morgan fingerprint density at radius 1 is 0.490 bits per heavy atom. The Hall–Kier alpha value is -0.910. The van der Waals surface area contributed by atoms with Gasteiger partial charge in [-0.25, -0.2) is 0 Å². The van der Waals surface area contributed by atoms with Gasteiger partial charge in [0.25, 0.3) is 0 Å². The molecule has 5 heteroatoms. The smallest absolute Gasteiger partial charge is 0.220 e. The van der Waals surface area contributed by atoms with E-state index in [0.717, 1.165) is 38.5 Å². The van der Waals surface area contributed by atoms with Crippen molar-refractivity contribution in [2.75, 3.05) is 6.61 Å². The molecule has 0 aromatic rings. The summed E-state index contributed by atoms with van der Waals surface area (Å²) in [7, 11) is 0. The predicted molar refractivity (Wildman–Crippen MR) is 213 cm³/mol. The molecule has 0 spiro atoms. The summed E-state index contributed by atoms with van der Waals surface area (Å²) < 4.78 is 0. The van der Waals surface area contributed by atoms with Crippen molar-refractivity contribution in [3.8, 4) is 0 Å². The number of unbranched alkanes of at least 4 members (excludes halogenated alkanes) is 30. The average molecular weight is 694 g/mol. The van der Waals surface area contributed by atoms with E-state index in [1.54, 1.807) is 0 Å². The van der Waals surface area contributed by atoms with Crippen molar-refractivity contribution in [3.05, 3.63) is 12.2 Å². The summed E-state index contributed by atoms with van der Waals surface area (Å²) in [6.45, 7) is 4.18. The second-order valence-corrected chi connectivity index (χ2v) is 15.3. The average Bonchev–Trinajstić information content (AvgIpc) is 3.10. The number of aliphatic hydroxyl groups is 3. The third kappa shape index (κ3) is 35.3. The van der Waals surface area contributed by atoms with Crippen LogP contribution in [0.3, 0.4) is 0 Å². The van der Waals surface area contributed by atoms with Gasteiger partial charge in [-0.2, -0.15) is 0 Å². The minimum Gasteiger partial charge on any atom is -0.394 e. The lowest BCUT2D eigenvalue weighted by atomic mass is 9.99. The van der Waals surface area contributed by atoms with Gasteiger partial charge in [-0.05, 0) is 38.5 Å². The molecule has 3 atom stereocenters. The fourth-order valence-electron chi connectivity index (χ4n) is 6.92. The van der Waals surface area contributed by atoms with E-state index in [4.69, 9.17) is 0 Å². The van der Waals surface area contributed by atoms with Gasteiger partial charge in [0, 0.05) is 6.42 Å². The van der Waals surface area contributed by atoms with Gasteiger partial charge in [-0.1, -0.05) is 206 Å². The molecule has 0 rings (SSSR count). The van der Waals surface area contributed by atoms with E-state index in [9.17, 15) is 20.1 Å². The normalized spacial score (nSPS) is 13.7. The molecule has 1 amide bonds. The molecule has 0 fully saturated rings. The fraction of sp³-hybridized carbons (Fsp3) is 0.932. The van der Waals surface area contributed by atoms with Crippen molar-refractivity contribution >= 4 is 5.91 Å². The highest BCUT2D eigenvalue weighted by molar-refractivity contribution is 5.76.